The molecule has 2 N–H and O–H groups in total. The number of likely N-dealkylation sites (N-methyl/N-ethyl adjacent to an activating group) is 1. The molecule has 0 saturated carbocycles. The molecule has 2 aromatic carbocycles. The topological polar surface area (TPSA) is 29.3 Å². The predicted octanol–water partition coefficient (Wildman–Crippen LogP) is 3.39. The lowest BCUT2D eigenvalue weighted by Crippen LogP contribution is -2.42. The summed E-state index contributed by atoms with van der Waals surface area (Å²) in [5.41, 5.74) is 9.92. The molecule has 1 atom stereocenters. The van der Waals surface area contributed by atoms with Crippen LogP contribution in [-0.4, -0.2) is 19.1 Å². The van der Waals surface area contributed by atoms with E-state index >= 15 is 0 Å². The largest absolute Gasteiger partial charge is 0.367 e. The Hall–Kier alpha value is -1.80. The summed E-state index contributed by atoms with van der Waals surface area (Å²) in [6, 6.07) is 19.6. The van der Waals surface area contributed by atoms with Gasteiger partial charge in [0.1, 0.15) is 0 Å². The minimum Gasteiger partial charge on any atom is -0.367 e. The summed E-state index contributed by atoms with van der Waals surface area (Å²) in [6.45, 7) is 5.96. The van der Waals surface area contributed by atoms with Crippen molar-refractivity contribution in [3.8, 4) is 0 Å². The number of rotatable bonds is 6. The zero-order chi connectivity index (χ0) is 14.4. The number of hydrogen-bond donors (Lipinski definition) is 1. The standard InChI is InChI=1S/C18H24N2/c1-3-20(17-11-7-8-15(2)12-17)18(14-19)13-16-9-5-4-6-10-16/h4-12,18H,3,13-14,19H2,1-2H3. The van der Waals surface area contributed by atoms with Crippen molar-refractivity contribution < 1.29 is 0 Å². The van der Waals surface area contributed by atoms with Gasteiger partial charge in [-0.15, -0.1) is 0 Å². The van der Waals surface area contributed by atoms with Gasteiger partial charge in [0.05, 0.1) is 0 Å². The van der Waals surface area contributed by atoms with Crippen molar-refractivity contribution in [3.05, 3.63) is 65.7 Å². The summed E-state index contributed by atoms with van der Waals surface area (Å²) in [5.74, 6) is 0. The molecular formula is C18H24N2. The smallest absolute Gasteiger partial charge is 0.0452 e. The molecule has 20 heavy (non-hydrogen) atoms. The van der Waals surface area contributed by atoms with Crippen molar-refractivity contribution in [2.24, 2.45) is 5.73 Å². The van der Waals surface area contributed by atoms with Crippen LogP contribution in [0.15, 0.2) is 54.6 Å². The zero-order valence-electron chi connectivity index (χ0n) is 12.4. The molecule has 2 aromatic rings. The molecule has 0 aliphatic carbocycles. The van der Waals surface area contributed by atoms with E-state index in [1.54, 1.807) is 0 Å². The molecule has 0 bridgehead atoms. The van der Waals surface area contributed by atoms with Crippen LogP contribution in [0.3, 0.4) is 0 Å². The van der Waals surface area contributed by atoms with Crippen molar-refractivity contribution in [1.82, 2.24) is 0 Å². The van der Waals surface area contributed by atoms with Gasteiger partial charge in [0, 0.05) is 24.8 Å². The summed E-state index contributed by atoms with van der Waals surface area (Å²) in [6.07, 6.45) is 0.985. The Bertz CT molecular complexity index is 522. The van der Waals surface area contributed by atoms with Crippen LogP contribution in [0.5, 0.6) is 0 Å². The fraction of sp³-hybridized carbons (Fsp3) is 0.333. The van der Waals surface area contributed by atoms with Crippen molar-refractivity contribution in [3.63, 3.8) is 0 Å². The Morgan fingerprint density at radius 2 is 1.80 bits per heavy atom. The molecule has 0 fully saturated rings. The molecule has 0 saturated heterocycles. The van der Waals surface area contributed by atoms with Gasteiger partial charge in [0.25, 0.3) is 0 Å². The Morgan fingerprint density at radius 1 is 1.05 bits per heavy atom. The van der Waals surface area contributed by atoms with E-state index < -0.39 is 0 Å². The molecule has 0 aliphatic heterocycles. The number of benzene rings is 2. The van der Waals surface area contributed by atoms with E-state index in [1.807, 2.05) is 0 Å². The second-order valence-corrected chi connectivity index (χ2v) is 5.20. The number of anilines is 1. The minimum absolute atomic E-state index is 0.337. The Labute approximate surface area is 122 Å². The number of hydrogen-bond acceptors (Lipinski definition) is 2. The first-order valence-corrected chi connectivity index (χ1v) is 7.32. The van der Waals surface area contributed by atoms with E-state index in [4.69, 9.17) is 5.73 Å². The van der Waals surface area contributed by atoms with Gasteiger partial charge in [-0.1, -0.05) is 42.5 Å². The normalized spacial score (nSPS) is 12.2. The van der Waals surface area contributed by atoms with Crippen LogP contribution in [-0.2, 0) is 6.42 Å². The summed E-state index contributed by atoms with van der Waals surface area (Å²) in [5, 5.41) is 0. The number of nitrogens with zero attached hydrogens (tertiary/aromatic N) is 1. The third-order valence-electron chi connectivity index (χ3n) is 3.70. The molecule has 0 heterocycles. The lowest BCUT2D eigenvalue weighted by molar-refractivity contribution is 0.605. The van der Waals surface area contributed by atoms with Crippen molar-refractivity contribution in [2.45, 2.75) is 26.3 Å². The van der Waals surface area contributed by atoms with Crippen LogP contribution in [0.2, 0.25) is 0 Å². The highest BCUT2D eigenvalue weighted by Crippen LogP contribution is 2.20. The quantitative estimate of drug-likeness (QED) is 0.870. The molecule has 2 rings (SSSR count). The summed E-state index contributed by atoms with van der Waals surface area (Å²) in [7, 11) is 0. The monoisotopic (exact) mass is 268 g/mol. The van der Waals surface area contributed by atoms with E-state index in [2.05, 4.69) is 73.3 Å². The highest BCUT2D eigenvalue weighted by molar-refractivity contribution is 5.49. The van der Waals surface area contributed by atoms with Crippen LogP contribution < -0.4 is 10.6 Å². The Balaban J connectivity index is 2.19. The molecule has 106 valence electrons. The van der Waals surface area contributed by atoms with Gasteiger partial charge < -0.3 is 10.6 Å². The predicted molar refractivity (Wildman–Crippen MR) is 87.2 cm³/mol. The molecule has 0 spiro atoms. The first-order chi connectivity index (χ1) is 9.74. The van der Waals surface area contributed by atoms with Gasteiger partial charge in [-0.25, -0.2) is 0 Å². The maximum Gasteiger partial charge on any atom is 0.0452 e. The van der Waals surface area contributed by atoms with Crippen LogP contribution >= 0.6 is 0 Å². The fourth-order valence-corrected chi connectivity index (χ4v) is 2.67. The second-order valence-electron chi connectivity index (χ2n) is 5.20. The second kappa shape index (κ2) is 7.11. The molecule has 2 nitrogen and oxygen atoms in total. The van der Waals surface area contributed by atoms with E-state index in [1.165, 1.54) is 16.8 Å². The highest BCUT2D eigenvalue weighted by atomic mass is 15.2. The maximum absolute atomic E-state index is 6.03. The summed E-state index contributed by atoms with van der Waals surface area (Å²) >= 11 is 0. The first-order valence-electron chi connectivity index (χ1n) is 7.32. The molecule has 0 aromatic heterocycles. The SMILES string of the molecule is CCN(c1cccc(C)c1)C(CN)Cc1ccccc1. The Morgan fingerprint density at radius 3 is 2.40 bits per heavy atom. The molecule has 1 unspecified atom stereocenters. The van der Waals surface area contributed by atoms with Crippen LogP contribution in [0.4, 0.5) is 5.69 Å². The van der Waals surface area contributed by atoms with Crippen molar-refractivity contribution in [2.75, 3.05) is 18.0 Å². The third-order valence-corrected chi connectivity index (χ3v) is 3.70. The van der Waals surface area contributed by atoms with Gasteiger partial charge in [-0.3, -0.25) is 0 Å². The lowest BCUT2D eigenvalue weighted by atomic mass is 10.0. The van der Waals surface area contributed by atoms with Gasteiger partial charge >= 0.3 is 0 Å². The highest BCUT2D eigenvalue weighted by Gasteiger charge is 2.16. The maximum atomic E-state index is 6.03. The molecule has 0 aliphatic rings. The van der Waals surface area contributed by atoms with E-state index in [9.17, 15) is 0 Å². The summed E-state index contributed by atoms with van der Waals surface area (Å²) < 4.78 is 0. The fourth-order valence-electron chi connectivity index (χ4n) is 2.67. The van der Waals surface area contributed by atoms with Gasteiger partial charge in [0.15, 0.2) is 0 Å². The van der Waals surface area contributed by atoms with Crippen LogP contribution in [0.25, 0.3) is 0 Å². The van der Waals surface area contributed by atoms with Crippen molar-refractivity contribution in [1.29, 1.82) is 0 Å². The van der Waals surface area contributed by atoms with Crippen molar-refractivity contribution >= 4 is 5.69 Å². The van der Waals surface area contributed by atoms with Gasteiger partial charge in [-0.05, 0) is 43.5 Å². The average Bonchev–Trinajstić information content (AvgIpc) is 2.48. The minimum atomic E-state index is 0.337. The van der Waals surface area contributed by atoms with E-state index in [0.29, 0.717) is 12.6 Å². The molecule has 0 amide bonds. The van der Waals surface area contributed by atoms with E-state index in [-0.39, 0.29) is 0 Å². The van der Waals surface area contributed by atoms with E-state index in [0.717, 1.165) is 13.0 Å². The number of aryl methyl sites for hydroxylation is 1. The molecule has 2 heteroatoms. The Kier molecular flexibility index (Phi) is 5.19. The zero-order valence-corrected chi connectivity index (χ0v) is 12.4. The van der Waals surface area contributed by atoms with Crippen LogP contribution in [0.1, 0.15) is 18.1 Å². The molecule has 0 radical (unpaired) electrons. The summed E-state index contributed by atoms with van der Waals surface area (Å²) in [4.78, 5) is 2.40. The average molecular weight is 268 g/mol. The molecular weight excluding hydrogens is 244 g/mol. The van der Waals surface area contributed by atoms with Crippen LogP contribution in [0, 0.1) is 6.92 Å². The lowest BCUT2D eigenvalue weighted by Gasteiger charge is -2.32. The third kappa shape index (κ3) is 3.61. The van der Waals surface area contributed by atoms with Gasteiger partial charge in [-0.2, -0.15) is 0 Å². The number of nitrogens with two attached hydrogens (primary N) is 1. The first kappa shape index (κ1) is 14.6. The van der Waals surface area contributed by atoms with Gasteiger partial charge in [0.2, 0.25) is 0 Å².